The molecule has 0 spiro atoms. The van der Waals surface area contributed by atoms with E-state index in [1.54, 1.807) is 0 Å². The highest BCUT2D eigenvalue weighted by molar-refractivity contribution is 7.80. The predicted molar refractivity (Wildman–Crippen MR) is 70.1 cm³/mol. The van der Waals surface area contributed by atoms with Gasteiger partial charge in [0.25, 0.3) is 0 Å². The van der Waals surface area contributed by atoms with Crippen LogP contribution >= 0.6 is 12.2 Å². The maximum Gasteiger partial charge on any atom is 0.235 e. The average molecular weight is 242 g/mol. The second-order valence-corrected chi connectivity index (χ2v) is 5.58. The summed E-state index contributed by atoms with van der Waals surface area (Å²) in [6, 6.07) is 0.208. The van der Waals surface area contributed by atoms with Crippen molar-refractivity contribution in [2.24, 2.45) is 17.1 Å². The van der Waals surface area contributed by atoms with E-state index in [1.807, 2.05) is 25.7 Å². The van der Waals surface area contributed by atoms with Crippen LogP contribution in [-0.4, -0.2) is 28.4 Å². The third-order valence-electron chi connectivity index (χ3n) is 3.50. The number of hydrogen-bond donors (Lipinski definition) is 1. The summed E-state index contributed by atoms with van der Waals surface area (Å²) in [4.78, 5) is 14.7. The topological polar surface area (TPSA) is 46.3 Å². The van der Waals surface area contributed by atoms with Gasteiger partial charge in [-0.05, 0) is 39.5 Å². The minimum Gasteiger partial charge on any atom is -0.392 e. The van der Waals surface area contributed by atoms with Gasteiger partial charge in [0.2, 0.25) is 5.91 Å². The fourth-order valence-corrected chi connectivity index (χ4v) is 2.88. The van der Waals surface area contributed by atoms with Gasteiger partial charge in [0.1, 0.15) is 0 Å². The van der Waals surface area contributed by atoms with Crippen LogP contribution in [0.1, 0.15) is 40.5 Å². The quantitative estimate of drug-likeness (QED) is 0.766. The van der Waals surface area contributed by atoms with Crippen molar-refractivity contribution in [1.29, 1.82) is 0 Å². The number of hydrogen-bond acceptors (Lipinski definition) is 2. The first-order chi connectivity index (χ1) is 7.35. The lowest BCUT2D eigenvalue weighted by Gasteiger charge is -2.47. The maximum absolute atomic E-state index is 12.5. The lowest BCUT2D eigenvalue weighted by Crippen LogP contribution is -2.58. The van der Waals surface area contributed by atoms with Crippen molar-refractivity contribution in [3.8, 4) is 0 Å². The fourth-order valence-electron chi connectivity index (χ4n) is 2.63. The molecule has 1 rings (SSSR count). The van der Waals surface area contributed by atoms with E-state index in [1.165, 1.54) is 0 Å². The van der Waals surface area contributed by atoms with Gasteiger partial charge in [-0.2, -0.15) is 0 Å². The van der Waals surface area contributed by atoms with Crippen LogP contribution in [0.4, 0.5) is 0 Å². The molecule has 92 valence electrons. The third kappa shape index (κ3) is 2.08. The Morgan fingerprint density at radius 1 is 1.56 bits per heavy atom. The predicted octanol–water partition coefficient (Wildman–Crippen LogP) is 1.95. The van der Waals surface area contributed by atoms with Gasteiger partial charge in [0, 0.05) is 12.6 Å². The number of carbonyl (C=O) groups excluding carboxylic acids is 1. The first-order valence-corrected chi connectivity index (χ1v) is 6.37. The molecule has 1 fully saturated rings. The Kier molecular flexibility index (Phi) is 3.94. The smallest absolute Gasteiger partial charge is 0.235 e. The van der Waals surface area contributed by atoms with Crippen molar-refractivity contribution in [1.82, 2.24) is 4.90 Å². The number of amides is 1. The number of rotatable bonds is 4. The van der Waals surface area contributed by atoms with Gasteiger partial charge in [-0.3, -0.25) is 4.79 Å². The van der Waals surface area contributed by atoms with Gasteiger partial charge in [-0.25, -0.2) is 0 Å². The molecule has 0 bridgehead atoms. The molecule has 1 aliphatic carbocycles. The summed E-state index contributed by atoms with van der Waals surface area (Å²) in [7, 11) is 0. The summed E-state index contributed by atoms with van der Waals surface area (Å²) in [5, 5.41) is 0. The van der Waals surface area contributed by atoms with Crippen molar-refractivity contribution in [3.05, 3.63) is 0 Å². The zero-order chi connectivity index (χ0) is 12.5. The van der Waals surface area contributed by atoms with Crippen molar-refractivity contribution < 1.29 is 4.79 Å². The lowest BCUT2D eigenvalue weighted by molar-refractivity contribution is -0.145. The summed E-state index contributed by atoms with van der Waals surface area (Å²) in [5.74, 6) is 0.673. The molecule has 4 heteroatoms. The van der Waals surface area contributed by atoms with Crippen molar-refractivity contribution in [3.63, 3.8) is 0 Å². The van der Waals surface area contributed by atoms with Crippen LogP contribution in [0.3, 0.4) is 0 Å². The van der Waals surface area contributed by atoms with Crippen LogP contribution in [0.5, 0.6) is 0 Å². The standard InChI is InChI=1S/C12H22N2OS/c1-5-14(8(2)3)11(15)12(10(13)16)6-9(4)7-12/h8-9H,5-7H2,1-4H3,(H2,13,16). The number of carbonyl (C=O) groups is 1. The molecule has 0 aromatic rings. The molecule has 3 nitrogen and oxygen atoms in total. The highest BCUT2D eigenvalue weighted by atomic mass is 32.1. The van der Waals surface area contributed by atoms with E-state index in [0.717, 1.165) is 19.4 Å². The molecule has 0 unspecified atom stereocenters. The third-order valence-corrected chi connectivity index (χ3v) is 3.89. The Balaban J connectivity index is 2.89. The summed E-state index contributed by atoms with van der Waals surface area (Å²) >= 11 is 5.09. The van der Waals surface area contributed by atoms with Gasteiger partial charge >= 0.3 is 0 Å². The fraction of sp³-hybridized carbons (Fsp3) is 0.833. The first-order valence-electron chi connectivity index (χ1n) is 5.96. The Labute approximate surface area is 103 Å². The van der Waals surface area contributed by atoms with E-state index in [0.29, 0.717) is 10.9 Å². The second-order valence-electron chi connectivity index (χ2n) is 5.14. The minimum atomic E-state index is -0.547. The maximum atomic E-state index is 12.5. The van der Waals surface area contributed by atoms with E-state index in [9.17, 15) is 4.79 Å². The van der Waals surface area contributed by atoms with E-state index >= 15 is 0 Å². The Morgan fingerprint density at radius 2 is 2.06 bits per heavy atom. The van der Waals surface area contributed by atoms with Crippen LogP contribution in [0.25, 0.3) is 0 Å². The second kappa shape index (κ2) is 4.70. The summed E-state index contributed by atoms with van der Waals surface area (Å²) < 4.78 is 0. The normalized spacial score (nSPS) is 28.7. The molecular formula is C12H22N2OS. The Hall–Kier alpha value is -0.640. The van der Waals surface area contributed by atoms with Crippen molar-refractivity contribution >= 4 is 23.1 Å². The van der Waals surface area contributed by atoms with E-state index in [4.69, 9.17) is 18.0 Å². The largest absolute Gasteiger partial charge is 0.392 e. The molecular weight excluding hydrogens is 220 g/mol. The molecule has 1 amide bonds. The van der Waals surface area contributed by atoms with Crippen molar-refractivity contribution in [2.75, 3.05) is 6.54 Å². The van der Waals surface area contributed by atoms with Gasteiger partial charge < -0.3 is 10.6 Å². The molecule has 0 heterocycles. The number of thiocarbonyl (C=S) groups is 1. The monoisotopic (exact) mass is 242 g/mol. The zero-order valence-corrected chi connectivity index (χ0v) is 11.4. The van der Waals surface area contributed by atoms with E-state index < -0.39 is 5.41 Å². The number of nitrogens with zero attached hydrogens (tertiary/aromatic N) is 1. The van der Waals surface area contributed by atoms with E-state index in [2.05, 4.69) is 6.92 Å². The average Bonchev–Trinajstić information content (AvgIpc) is 2.12. The molecule has 1 saturated carbocycles. The van der Waals surface area contributed by atoms with Gasteiger partial charge in [-0.1, -0.05) is 19.1 Å². The van der Waals surface area contributed by atoms with Crippen LogP contribution in [0, 0.1) is 11.3 Å². The Morgan fingerprint density at radius 3 is 2.31 bits per heavy atom. The molecule has 1 aliphatic rings. The molecule has 0 saturated heterocycles. The van der Waals surface area contributed by atoms with Crippen molar-refractivity contribution in [2.45, 2.75) is 46.6 Å². The van der Waals surface area contributed by atoms with Crippen LogP contribution in [0.15, 0.2) is 0 Å². The highest BCUT2D eigenvalue weighted by Gasteiger charge is 2.52. The van der Waals surface area contributed by atoms with Gasteiger partial charge in [-0.15, -0.1) is 0 Å². The molecule has 0 aliphatic heterocycles. The van der Waals surface area contributed by atoms with Gasteiger partial charge in [0.05, 0.1) is 10.4 Å². The number of nitrogens with two attached hydrogens (primary N) is 1. The van der Waals surface area contributed by atoms with Gasteiger partial charge in [0.15, 0.2) is 0 Å². The molecule has 16 heavy (non-hydrogen) atoms. The summed E-state index contributed by atoms with van der Waals surface area (Å²) in [6.07, 6.45) is 1.62. The molecule has 0 atom stereocenters. The lowest BCUT2D eigenvalue weighted by atomic mass is 9.61. The Bertz CT molecular complexity index is 295. The zero-order valence-electron chi connectivity index (χ0n) is 10.6. The molecule has 0 aromatic heterocycles. The first kappa shape index (κ1) is 13.4. The minimum absolute atomic E-state index is 0.121. The SMILES string of the molecule is CCN(C(=O)C1(C(N)=S)CC(C)C1)C(C)C. The highest BCUT2D eigenvalue weighted by Crippen LogP contribution is 2.47. The molecule has 0 radical (unpaired) electrons. The summed E-state index contributed by atoms with van der Waals surface area (Å²) in [6.45, 7) is 8.89. The molecule has 2 N–H and O–H groups in total. The summed E-state index contributed by atoms with van der Waals surface area (Å²) in [5.41, 5.74) is 5.23. The molecule has 0 aromatic carbocycles. The van der Waals surface area contributed by atoms with E-state index in [-0.39, 0.29) is 11.9 Å². The van der Waals surface area contributed by atoms with Crippen LogP contribution < -0.4 is 5.73 Å². The van der Waals surface area contributed by atoms with Crippen LogP contribution in [0.2, 0.25) is 0 Å². The van der Waals surface area contributed by atoms with Crippen LogP contribution in [-0.2, 0) is 4.79 Å².